The second kappa shape index (κ2) is 9.46. The molecule has 0 aromatic carbocycles. The van der Waals surface area contributed by atoms with E-state index < -0.39 is 0 Å². The van der Waals surface area contributed by atoms with Crippen molar-refractivity contribution in [3.05, 3.63) is 21.4 Å². The Morgan fingerprint density at radius 2 is 1.92 bits per heavy atom. The summed E-state index contributed by atoms with van der Waals surface area (Å²) in [5, 5.41) is 3.73. The summed E-state index contributed by atoms with van der Waals surface area (Å²) in [5.74, 6) is 0.993. The van der Waals surface area contributed by atoms with Crippen molar-refractivity contribution in [3.63, 3.8) is 0 Å². The van der Waals surface area contributed by atoms with Gasteiger partial charge in [0.05, 0.1) is 0 Å². The second-order valence-electron chi connectivity index (χ2n) is 7.27. The van der Waals surface area contributed by atoms with Crippen LogP contribution in [0.25, 0.3) is 0 Å². The summed E-state index contributed by atoms with van der Waals surface area (Å²) < 4.78 is 0. The minimum absolute atomic E-state index is 0.00715. The molecule has 1 amide bonds. The van der Waals surface area contributed by atoms with Crippen LogP contribution in [0.3, 0.4) is 0 Å². The zero-order chi connectivity index (χ0) is 19.3. The van der Waals surface area contributed by atoms with E-state index in [1.807, 2.05) is 19.9 Å². The number of amides is 1. The molecule has 0 saturated heterocycles. The predicted octanol–water partition coefficient (Wildman–Crippen LogP) is 3.65. The van der Waals surface area contributed by atoms with Gasteiger partial charge in [-0.2, -0.15) is 0 Å². The Bertz CT molecular complexity index is 672. The molecule has 1 heterocycles. The second-order valence-corrected chi connectivity index (χ2v) is 9.14. The molecule has 26 heavy (non-hydrogen) atoms. The lowest BCUT2D eigenvalue weighted by atomic mass is 9.78. The van der Waals surface area contributed by atoms with Gasteiger partial charge in [0.25, 0.3) is 0 Å². The number of thiophene rings is 1. The highest BCUT2D eigenvalue weighted by Gasteiger charge is 2.27. The highest BCUT2D eigenvalue weighted by Crippen LogP contribution is 2.29. The fourth-order valence-corrected chi connectivity index (χ4v) is 4.59. The number of Topliss-reactive ketones (excluding diaryl/α,β-unsaturated/α-hetero) is 1. The van der Waals surface area contributed by atoms with Crippen LogP contribution in [0.2, 0.25) is 0 Å². The van der Waals surface area contributed by atoms with E-state index in [4.69, 9.17) is 12.2 Å². The molecule has 0 bridgehead atoms. The van der Waals surface area contributed by atoms with E-state index in [-0.39, 0.29) is 24.5 Å². The van der Waals surface area contributed by atoms with Crippen molar-refractivity contribution in [2.45, 2.75) is 65.8 Å². The Kier molecular flexibility index (Phi) is 7.58. The molecule has 144 valence electrons. The van der Waals surface area contributed by atoms with Crippen LogP contribution in [0.15, 0.2) is 6.07 Å². The third-order valence-corrected chi connectivity index (χ3v) is 6.45. The first-order valence-corrected chi connectivity index (χ1v) is 10.5. The summed E-state index contributed by atoms with van der Waals surface area (Å²) in [6.07, 6.45) is 3.88. The number of aryl methyl sites for hydroxylation is 2. The number of hydrazine groups is 1. The van der Waals surface area contributed by atoms with Gasteiger partial charge in [0.1, 0.15) is 0 Å². The quantitative estimate of drug-likeness (QED) is 0.403. The highest BCUT2D eigenvalue weighted by atomic mass is 32.1. The molecule has 0 aliphatic heterocycles. The predicted molar refractivity (Wildman–Crippen MR) is 110 cm³/mol. The largest absolute Gasteiger partial charge is 0.358 e. The molecule has 0 radical (unpaired) electrons. The topological polar surface area (TPSA) is 70.2 Å². The van der Waals surface area contributed by atoms with Crippen LogP contribution in [0.4, 0.5) is 0 Å². The standard InChI is InChI=1S/C19H29N3O2S2/c1-11-6-5-7-16(13(11)3)20-19(25)22-21-18(24)9-8-17(23)15-10-12(2)26-14(15)4/h10-11,13,16H,5-9H2,1-4H3,(H,21,24)(H2,20,22,25)/t11-,13+,16+/m1/s1. The van der Waals surface area contributed by atoms with Crippen LogP contribution in [0.5, 0.6) is 0 Å². The SMILES string of the molecule is Cc1cc(C(=O)CCC(=O)NNC(=S)N[C@H]2CCC[C@@H](C)[C@@H]2C)c(C)s1. The smallest absolute Gasteiger partial charge is 0.238 e. The summed E-state index contributed by atoms with van der Waals surface area (Å²) in [6.45, 7) is 8.42. The van der Waals surface area contributed by atoms with Gasteiger partial charge in [-0.05, 0) is 50.4 Å². The molecule has 0 spiro atoms. The number of ketones is 1. The van der Waals surface area contributed by atoms with E-state index >= 15 is 0 Å². The van der Waals surface area contributed by atoms with Crippen LogP contribution >= 0.6 is 23.6 Å². The average Bonchev–Trinajstić information content (AvgIpc) is 2.93. The van der Waals surface area contributed by atoms with E-state index in [1.165, 1.54) is 12.8 Å². The lowest BCUT2D eigenvalue weighted by molar-refractivity contribution is -0.121. The van der Waals surface area contributed by atoms with E-state index in [1.54, 1.807) is 11.3 Å². The molecule has 0 unspecified atom stereocenters. The van der Waals surface area contributed by atoms with Gasteiger partial charge in [-0.15, -0.1) is 11.3 Å². The van der Waals surface area contributed by atoms with Crippen LogP contribution < -0.4 is 16.2 Å². The lowest BCUT2D eigenvalue weighted by Gasteiger charge is -2.35. The maximum absolute atomic E-state index is 12.2. The van der Waals surface area contributed by atoms with Gasteiger partial charge < -0.3 is 5.32 Å². The van der Waals surface area contributed by atoms with Gasteiger partial charge in [0, 0.05) is 34.2 Å². The van der Waals surface area contributed by atoms with Crippen molar-refractivity contribution in [2.75, 3.05) is 0 Å². The molecule has 2 rings (SSSR count). The van der Waals surface area contributed by atoms with Crippen molar-refractivity contribution < 1.29 is 9.59 Å². The minimum Gasteiger partial charge on any atom is -0.358 e. The molecular formula is C19H29N3O2S2. The third kappa shape index (κ3) is 5.77. The Labute approximate surface area is 165 Å². The van der Waals surface area contributed by atoms with Crippen LogP contribution in [-0.2, 0) is 4.79 Å². The van der Waals surface area contributed by atoms with Crippen molar-refractivity contribution >= 4 is 40.4 Å². The van der Waals surface area contributed by atoms with Crippen molar-refractivity contribution in [1.29, 1.82) is 0 Å². The Balaban J connectivity index is 1.70. The Morgan fingerprint density at radius 1 is 1.19 bits per heavy atom. The average molecular weight is 396 g/mol. The first kappa shape index (κ1) is 20.8. The Morgan fingerprint density at radius 3 is 2.58 bits per heavy atom. The lowest BCUT2D eigenvalue weighted by Crippen LogP contribution is -2.52. The molecule has 1 aliphatic carbocycles. The van der Waals surface area contributed by atoms with Gasteiger partial charge in [-0.25, -0.2) is 0 Å². The van der Waals surface area contributed by atoms with Gasteiger partial charge >= 0.3 is 0 Å². The molecule has 3 atom stereocenters. The molecule has 1 aromatic rings. The van der Waals surface area contributed by atoms with Crippen LogP contribution in [0.1, 0.15) is 66.1 Å². The first-order chi connectivity index (χ1) is 12.3. The maximum Gasteiger partial charge on any atom is 0.238 e. The zero-order valence-corrected chi connectivity index (χ0v) is 17.6. The number of carbonyl (C=O) groups is 2. The van der Waals surface area contributed by atoms with Gasteiger partial charge in [-0.1, -0.05) is 26.7 Å². The summed E-state index contributed by atoms with van der Waals surface area (Å²) in [6, 6.07) is 2.23. The first-order valence-electron chi connectivity index (χ1n) is 9.23. The van der Waals surface area contributed by atoms with E-state index in [9.17, 15) is 9.59 Å². The number of carbonyl (C=O) groups excluding carboxylic acids is 2. The van der Waals surface area contributed by atoms with Gasteiger partial charge in [0.15, 0.2) is 10.9 Å². The number of hydrogen-bond acceptors (Lipinski definition) is 4. The van der Waals surface area contributed by atoms with Crippen LogP contribution in [-0.4, -0.2) is 22.8 Å². The molecule has 3 N–H and O–H groups in total. The highest BCUT2D eigenvalue weighted by molar-refractivity contribution is 7.80. The third-order valence-electron chi connectivity index (χ3n) is 5.26. The molecule has 1 saturated carbocycles. The Hall–Kier alpha value is -1.47. The van der Waals surface area contributed by atoms with E-state index in [0.29, 0.717) is 23.0 Å². The number of hydrogen-bond donors (Lipinski definition) is 3. The molecular weight excluding hydrogens is 366 g/mol. The molecule has 1 aromatic heterocycles. The maximum atomic E-state index is 12.2. The summed E-state index contributed by atoms with van der Waals surface area (Å²) in [7, 11) is 0. The van der Waals surface area contributed by atoms with Crippen molar-refractivity contribution in [2.24, 2.45) is 11.8 Å². The molecule has 5 nitrogen and oxygen atoms in total. The van der Waals surface area contributed by atoms with E-state index in [0.717, 1.165) is 21.7 Å². The summed E-state index contributed by atoms with van der Waals surface area (Å²) in [4.78, 5) is 26.3. The monoisotopic (exact) mass is 395 g/mol. The minimum atomic E-state index is -0.239. The fourth-order valence-electron chi connectivity index (χ4n) is 3.45. The normalized spacial score (nSPS) is 22.5. The number of rotatable bonds is 5. The zero-order valence-electron chi connectivity index (χ0n) is 16.0. The van der Waals surface area contributed by atoms with Gasteiger partial charge in [0.2, 0.25) is 5.91 Å². The van der Waals surface area contributed by atoms with Gasteiger partial charge in [-0.3, -0.25) is 20.4 Å². The van der Waals surface area contributed by atoms with E-state index in [2.05, 4.69) is 30.0 Å². The summed E-state index contributed by atoms with van der Waals surface area (Å²) >= 11 is 6.88. The molecule has 1 aliphatic rings. The number of nitrogens with one attached hydrogen (secondary N) is 3. The van der Waals surface area contributed by atoms with Crippen LogP contribution in [0, 0.1) is 25.7 Å². The fraction of sp³-hybridized carbons (Fsp3) is 0.632. The molecule has 7 heteroatoms. The van der Waals surface area contributed by atoms with Crippen molar-refractivity contribution in [1.82, 2.24) is 16.2 Å². The number of thiocarbonyl (C=S) groups is 1. The summed E-state index contributed by atoms with van der Waals surface area (Å²) in [5.41, 5.74) is 6.07. The van der Waals surface area contributed by atoms with Crippen molar-refractivity contribution in [3.8, 4) is 0 Å². The molecule has 1 fully saturated rings.